The summed E-state index contributed by atoms with van der Waals surface area (Å²) in [6, 6.07) is 0. The van der Waals surface area contributed by atoms with Gasteiger partial charge in [0, 0.05) is 0 Å². The standard InChI is InChI=1S/C11H16O2/c1-7(2)5-10(12)9-6-8-3-4-11(9)13-8/h5,8-9,11H,3-4,6H2,1-2H3. The Labute approximate surface area is 79.0 Å². The van der Waals surface area contributed by atoms with E-state index in [2.05, 4.69) is 0 Å². The molecule has 0 aromatic rings. The van der Waals surface area contributed by atoms with E-state index in [9.17, 15) is 4.79 Å². The molecule has 2 heteroatoms. The largest absolute Gasteiger partial charge is 0.374 e. The van der Waals surface area contributed by atoms with Gasteiger partial charge in [-0.1, -0.05) is 5.57 Å². The molecule has 2 rings (SSSR count). The van der Waals surface area contributed by atoms with Crippen molar-refractivity contribution < 1.29 is 9.53 Å². The Bertz CT molecular complexity index is 251. The third-order valence-electron chi connectivity index (χ3n) is 2.90. The Morgan fingerprint density at radius 3 is 2.62 bits per heavy atom. The molecule has 0 aromatic heterocycles. The number of carbonyl (C=O) groups is 1. The van der Waals surface area contributed by atoms with Crippen molar-refractivity contribution in [2.24, 2.45) is 5.92 Å². The van der Waals surface area contributed by atoms with Crippen molar-refractivity contribution in [2.75, 3.05) is 0 Å². The lowest BCUT2D eigenvalue weighted by atomic mass is 9.86. The van der Waals surface area contributed by atoms with Gasteiger partial charge in [-0.05, 0) is 39.2 Å². The maximum Gasteiger partial charge on any atom is 0.161 e. The minimum atomic E-state index is 0.161. The summed E-state index contributed by atoms with van der Waals surface area (Å²) in [6.45, 7) is 3.93. The molecule has 72 valence electrons. The van der Waals surface area contributed by atoms with Crippen LogP contribution in [0.5, 0.6) is 0 Å². The summed E-state index contributed by atoms with van der Waals surface area (Å²) in [5.41, 5.74) is 1.09. The predicted molar refractivity (Wildman–Crippen MR) is 50.4 cm³/mol. The fourth-order valence-corrected chi connectivity index (χ4v) is 2.33. The lowest BCUT2D eigenvalue weighted by Gasteiger charge is -2.15. The van der Waals surface area contributed by atoms with Crippen LogP contribution >= 0.6 is 0 Å². The van der Waals surface area contributed by atoms with Gasteiger partial charge in [0.2, 0.25) is 0 Å². The number of rotatable bonds is 2. The predicted octanol–water partition coefficient (Wildman–Crippen LogP) is 2.09. The van der Waals surface area contributed by atoms with Gasteiger partial charge in [-0.3, -0.25) is 4.79 Å². The van der Waals surface area contributed by atoms with Crippen molar-refractivity contribution in [3.63, 3.8) is 0 Å². The average Bonchev–Trinajstić information content (AvgIpc) is 2.62. The Hall–Kier alpha value is -0.630. The van der Waals surface area contributed by atoms with Crippen LogP contribution in [0.2, 0.25) is 0 Å². The molecule has 0 aliphatic carbocycles. The zero-order valence-corrected chi connectivity index (χ0v) is 8.25. The van der Waals surface area contributed by atoms with Crippen LogP contribution < -0.4 is 0 Å². The molecule has 0 radical (unpaired) electrons. The summed E-state index contributed by atoms with van der Waals surface area (Å²) in [4.78, 5) is 11.7. The van der Waals surface area contributed by atoms with Gasteiger partial charge in [0.05, 0.1) is 18.1 Å². The molecule has 2 aliphatic rings. The van der Waals surface area contributed by atoms with E-state index in [4.69, 9.17) is 4.74 Å². The molecule has 2 saturated heterocycles. The zero-order valence-electron chi connectivity index (χ0n) is 8.25. The normalized spacial score (nSPS) is 36.3. The molecule has 0 spiro atoms. The second-order valence-electron chi connectivity index (χ2n) is 4.34. The van der Waals surface area contributed by atoms with Crippen molar-refractivity contribution in [3.8, 4) is 0 Å². The lowest BCUT2D eigenvalue weighted by Crippen LogP contribution is -2.23. The van der Waals surface area contributed by atoms with Gasteiger partial charge in [-0.2, -0.15) is 0 Å². The zero-order chi connectivity index (χ0) is 9.42. The quantitative estimate of drug-likeness (QED) is 0.608. The van der Waals surface area contributed by atoms with Gasteiger partial charge in [0.15, 0.2) is 5.78 Å². The van der Waals surface area contributed by atoms with Gasteiger partial charge in [0.25, 0.3) is 0 Å². The Morgan fingerprint density at radius 1 is 1.38 bits per heavy atom. The molecule has 2 heterocycles. The van der Waals surface area contributed by atoms with E-state index in [0.717, 1.165) is 24.8 Å². The summed E-state index contributed by atoms with van der Waals surface area (Å²) in [5, 5.41) is 0. The van der Waals surface area contributed by atoms with Crippen LogP contribution in [0.3, 0.4) is 0 Å². The van der Waals surface area contributed by atoms with Crippen LogP contribution in [-0.2, 0) is 9.53 Å². The van der Waals surface area contributed by atoms with Crippen LogP contribution in [-0.4, -0.2) is 18.0 Å². The van der Waals surface area contributed by atoms with Crippen LogP contribution in [0.4, 0.5) is 0 Å². The third-order valence-corrected chi connectivity index (χ3v) is 2.90. The van der Waals surface area contributed by atoms with Crippen LogP contribution in [0.25, 0.3) is 0 Å². The van der Waals surface area contributed by atoms with Crippen molar-refractivity contribution in [3.05, 3.63) is 11.6 Å². The highest BCUT2D eigenvalue weighted by molar-refractivity contribution is 5.93. The van der Waals surface area contributed by atoms with Crippen molar-refractivity contribution in [2.45, 2.75) is 45.3 Å². The molecule has 2 aliphatic heterocycles. The van der Waals surface area contributed by atoms with E-state index in [-0.39, 0.29) is 17.8 Å². The number of fused-ring (bicyclic) bond motifs is 2. The first-order valence-corrected chi connectivity index (χ1v) is 5.01. The van der Waals surface area contributed by atoms with Gasteiger partial charge in [-0.15, -0.1) is 0 Å². The number of ketones is 1. The molecule has 0 saturated carbocycles. The minimum Gasteiger partial charge on any atom is -0.374 e. The first kappa shape index (κ1) is 8.95. The fraction of sp³-hybridized carbons (Fsp3) is 0.727. The monoisotopic (exact) mass is 180 g/mol. The molecule has 2 fully saturated rings. The second-order valence-corrected chi connectivity index (χ2v) is 4.34. The Morgan fingerprint density at radius 2 is 2.15 bits per heavy atom. The van der Waals surface area contributed by atoms with Gasteiger partial charge in [-0.25, -0.2) is 0 Å². The second kappa shape index (κ2) is 3.26. The average molecular weight is 180 g/mol. The van der Waals surface area contributed by atoms with Crippen molar-refractivity contribution >= 4 is 5.78 Å². The molecule has 3 atom stereocenters. The number of carbonyl (C=O) groups excluding carboxylic acids is 1. The highest BCUT2D eigenvalue weighted by Crippen LogP contribution is 2.39. The van der Waals surface area contributed by atoms with E-state index in [0.29, 0.717) is 6.10 Å². The summed E-state index contributed by atoms with van der Waals surface area (Å²) in [6.07, 6.45) is 5.56. The summed E-state index contributed by atoms with van der Waals surface area (Å²) in [5.74, 6) is 0.431. The maximum absolute atomic E-state index is 11.7. The maximum atomic E-state index is 11.7. The topological polar surface area (TPSA) is 26.3 Å². The molecule has 0 amide bonds. The molecular formula is C11H16O2. The first-order chi connectivity index (χ1) is 6.16. The fourth-order valence-electron chi connectivity index (χ4n) is 2.33. The van der Waals surface area contributed by atoms with E-state index < -0.39 is 0 Å². The van der Waals surface area contributed by atoms with Crippen molar-refractivity contribution in [1.82, 2.24) is 0 Å². The summed E-state index contributed by atoms with van der Waals surface area (Å²) < 4.78 is 5.64. The first-order valence-electron chi connectivity index (χ1n) is 5.01. The molecule has 2 bridgehead atoms. The van der Waals surface area contributed by atoms with Crippen LogP contribution in [0.1, 0.15) is 33.1 Å². The Balaban J connectivity index is 2.03. The number of hydrogen-bond acceptors (Lipinski definition) is 2. The minimum absolute atomic E-state index is 0.161. The van der Waals surface area contributed by atoms with E-state index in [1.54, 1.807) is 6.08 Å². The highest BCUT2D eigenvalue weighted by atomic mass is 16.5. The van der Waals surface area contributed by atoms with E-state index in [1.807, 2.05) is 13.8 Å². The third kappa shape index (κ3) is 1.68. The van der Waals surface area contributed by atoms with E-state index in [1.165, 1.54) is 0 Å². The molecular weight excluding hydrogens is 164 g/mol. The summed E-state index contributed by atoms with van der Waals surface area (Å²) >= 11 is 0. The number of hydrogen-bond donors (Lipinski definition) is 0. The highest BCUT2D eigenvalue weighted by Gasteiger charge is 2.43. The summed E-state index contributed by atoms with van der Waals surface area (Å²) in [7, 11) is 0. The van der Waals surface area contributed by atoms with Gasteiger partial charge >= 0.3 is 0 Å². The SMILES string of the molecule is CC(C)=CC(=O)C1CC2CCC1O2. The molecule has 13 heavy (non-hydrogen) atoms. The lowest BCUT2D eigenvalue weighted by molar-refractivity contribution is -0.119. The molecule has 0 aromatic carbocycles. The van der Waals surface area contributed by atoms with Crippen LogP contribution in [0, 0.1) is 5.92 Å². The Kier molecular flexibility index (Phi) is 2.24. The van der Waals surface area contributed by atoms with Crippen molar-refractivity contribution in [1.29, 1.82) is 0 Å². The number of allylic oxidation sites excluding steroid dienone is 2. The molecule has 0 N–H and O–H groups in total. The van der Waals surface area contributed by atoms with Gasteiger partial charge < -0.3 is 4.74 Å². The van der Waals surface area contributed by atoms with Crippen LogP contribution in [0.15, 0.2) is 11.6 Å². The number of ether oxygens (including phenoxy) is 1. The van der Waals surface area contributed by atoms with E-state index >= 15 is 0 Å². The van der Waals surface area contributed by atoms with Gasteiger partial charge in [0.1, 0.15) is 0 Å². The molecule has 2 nitrogen and oxygen atoms in total. The molecule has 3 unspecified atom stereocenters. The smallest absolute Gasteiger partial charge is 0.161 e.